The number of thiazole rings is 1. The highest BCUT2D eigenvalue weighted by molar-refractivity contribution is 9.10. The SMILES string of the molecule is Cc1cc(NS(=O)(=O)c2sc(=O)[nH]c2C)cnc1Br. The number of rotatable bonds is 3. The topological polar surface area (TPSA) is 91.9 Å². The lowest BCUT2D eigenvalue weighted by Crippen LogP contribution is -2.13. The fraction of sp³-hybridized carbons (Fsp3) is 0.200. The number of hydrogen-bond acceptors (Lipinski definition) is 5. The van der Waals surface area contributed by atoms with Gasteiger partial charge in [-0.15, -0.1) is 0 Å². The third-order valence-electron chi connectivity index (χ3n) is 2.29. The molecule has 0 aliphatic heterocycles. The van der Waals surface area contributed by atoms with Crippen molar-refractivity contribution >= 4 is 43.0 Å². The number of anilines is 1. The minimum atomic E-state index is -3.77. The van der Waals surface area contributed by atoms with E-state index in [1.54, 1.807) is 13.0 Å². The molecule has 2 aromatic rings. The number of halogens is 1. The molecule has 0 bridgehead atoms. The van der Waals surface area contributed by atoms with Crippen molar-refractivity contribution in [3.63, 3.8) is 0 Å². The van der Waals surface area contributed by atoms with Crippen LogP contribution in [0.25, 0.3) is 0 Å². The summed E-state index contributed by atoms with van der Waals surface area (Å²) in [5.74, 6) is 0. The Morgan fingerprint density at radius 3 is 2.63 bits per heavy atom. The van der Waals surface area contributed by atoms with Crippen molar-refractivity contribution in [2.45, 2.75) is 18.1 Å². The van der Waals surface area contributed by atoms with Crippen molar-refractivity contribution in [1.29, 1.82) is 0 Å². The molecule has 2 aromatic heterocycles. The molecule has 0 atom stereocenters. The molecule has 0 radical (unpaired) electrons. The highest BCUT2D eigenvalue weighted by Crippen LogP contribution is 2.22. The highest BCUT2D eigenvalue weighted by atomic mass is 79.9. The van der Waals surface area contributed by atoms with Crippen molar-refractivity contribution in [2.75, 3.05) is 4.72 Å². The van der Waals surface area contributed by atoms with Crippen molar-refractivity contribution in [1.82, 2.24) is 9.97 Å². The van der Waals surface area contributed by atoms with E-state index in [0.717, 1.165) is 5.56 Å². The zero-order chi connectivity index (χ0) is 14.2. The molecule has 2 rings (SSSR count). The quantitative estimate of drug-likeness (QED) is 0.815. The number of sulfonamides is 1. The van der Waals surface area contributed by atoms with Gasteiger partial charge in [0.15, 0.2) is 4.21 Å². The van der Waals surface area contributed by atoms with Crippen LogP contribution in [0.4, 0.5) is 5.69 Å². The van der Waals surface area contributed by atoms with Crippen molar-refractivity contribution in [3.8, 4) is 0 Å². The second kappa shape index (κ2) is 5.06. The first-order chi connectivity index (χ1) is 8.79. The van der Waals surface area contributed by atoms with E-state index < -0.39 is 14.9 Å². The second-order valence-electron chi connectivity index (χ2n) is 3.86. The van der Waals surface area contributed by atoms with E-state index in [1.807, 2.05) is 0 Å². The molecule has 0 aliphatic carbocycles. The Labute approximate surface area is 122 Å². The number of aromatic nitrogens is 2. The van der Waals surface area contributed by atoms with E-state index in [-0.39, 0.29) is 4.21 Å². The monoisotopic (exact) mass is 363 g/mol. The van der Waals surface area contributed by atoms with Gasteiger partial charge < -0.3 is 4.98 Å². The van der Waals surface area contributed by atoms with Crippen LogP contribution in [0.2, 0.25) is 0 Å². The standard InChI is InChI=1S/C10H10BrN3O3S2/c1-5-3-7(4-12-8(5)11)14-19(16,17)9-6(2)13-10(15)18-9/h3-4,14H,1-2H3,(H,13,15). The van der Waals surface area contributed by atoms with Crippen molar-refractivity contribution in [2.24, 2.45) is 0 Å². The van der Waals surface area contributed by atoms with Gasteiger partial charge in [0.1, 0.15) is 4.60 Å². The van der Waals surface area contributed by atoms with Crippen molar-refractivity contribution in [3.05, 3.63) is 37.8 Å². The maximum atomic E-state index is 12.1. The normalized spacial score (nSPS) is 11.5. The first-order valence-corrected chi connectivity index (χ1v) is 8.23. The minimum Gasteiger partial charge on any atom is -0.315 e. The third kappa shape index (κ3) is 3.04. The van der Waals surface area contributed by atoms with Crippen LogP contribution >= 0.6 is 27.3 Å². The molecule has 6 nitrogen and oxygen atoms in total. The fourth-order valence-corrected chi connectivity index (χ4v) is 4.02. The van der Waals surface area contributed by atoms with Crippen LogP contribution in [0.1, 0.15) is 11.3 Å². The molecule has 0 saturated carbocycles. The van der Waals surface area contributed by atoms with Crippen LogP contribution in [0.5, 0.6) is 0 Å². The number of hydrogen-bond donors (Lipinski definition) is 2. The Kier molecular flexibility index (Phi) is 3.79. The third-order valence-corrected chi connectivity index (χ3v) is 6.11. The fourth-order valence-electron chi connectivity index (χ4n) is 1.46. The van der Waals surface area contributed by atoms with Gasteiger partial charge in [0.05, 0.1) is 11.9 Å². The summed E-state index contributed by atoms with van der Waals surface area (Å²) in [5.41, 5.74) is 1.48. The van der Waals surface area contributed by atoms with Gasteiger partial charge in [0, 0.05) is 5.69 Å². The summed E-state index contributed by atoms with van der Waals surface area (Å²) in [5, 5.41) is 0. The van der Waals surface area contributed by atoms with Crippen LogP contribution in [-0.2, 0) is 10.0 Å². The summed E-state index contributed by atoms with van der Waals surface area (Å²) in [6, 6.07) is 1.65. The first kappa shape index (κ1) is 14.2. The zero-order valence-corrected chi connectivity index (χ0v) is 13.2. The predicted octanol–water partition coefficient (Wildman–Crippen LogP) is 2.01. The summed E-state index contributed by atoms with van der Waals surface area (Å²) >= 11 is 3.89. The largest absolute Gasteiger partial charge is 0.315 e. The molecule has 0 spiro atoms. The van der Waals surface area contributed by atoms with Crippen molar-refractivity contribution < 1.29 is 8.42 Å². The van der Waals surface area contributed by atoms with E-state index in [1.165, 1.54) is 13.1 Å². The van der Waals surface area contributed by atoms with E-state index in [9.17, 15) is 13.2 Å². The average molecular weight is 364 g/mol. The molecule has 0 aliphatic rings. The number of H-pyrrole nitrogens is 1. The molecule has 0 unspecified atom stereocenters. The maximum absolute atomic E-state index is 12.1. The van der Waals surface area contributed by atoms with Crippen LogP contribution in [0, 0.1) is 13.8 Å². The van der Waals surface area contributed by atoms with Gasteiger partial charge in [-0.1, -0.05) is 11.3 Å². The smallest absolute Gasteiger partial charge is 0.306 e. The lowest BCUT2D eigenvalue weighted by atomic mass is 10.3. The molecule has 19 heavy (non-hydrogen) atoms. The Hall–Kier alpha value is -1.19. The Balaban J connectivity index is 2.39. The number of pyridine rings is 1. The first-order valence-electron chi connectivity index (χ1n) is 5.14. The molecular weight excluding hydrogens is 354 g/mol. The van der Waals surface area contributed by atoms with Gasteiger partial charge >= 0.3 is 4.87 Å². The Morgan fingerprint density at radius 2 is 2.11 bits per heavy atom. The molecule has 9 heteroatoms. The molecule has 2 N–H and O–H groups in total. The summed E-state index contributed by atoms with van der Waals surface area (Å²) in [6.07, 6.45) is 1.40. The van der Waals surface area contributed by atoms with Gasteiger partial charge in [-0.2, -0.15) is 0 Å². The molecule has 0 fully saturated rings. The lowest BCUT2D eigenvalue weighted by molar-refractivity contribution is 0.602. The van der Waals surface area contributed by atoms with Gasteiger partial charge in [-0.05, 0) is 41.4 Å². The molecule has 102 valence electrons. The average Bonchev–Trinajstić information content (AvgIpc) is 2.63. The predicted molar refractivity (Wildman–Crippen MR) is 77.2 cm³/mol. The second-order valence-corrected chi connectivity index (χ2v) is 7.48. The van der Waals surface area contributed by atoms with Crippen LogP contribution in [0.3, 0.4) is 0 Å². The summed E-state index contributed by atoms with van der Waals surface area (Å²) < 4.78 is 27.3. The molecule has 2 heterocycles. The summed E-state index contributed by atoms with van der Waals surface area (Å²) in [4.78, 5) is 17.2. The molecule has 0 amide bonds. The zero-order valence-electron chi connectivity index (χ0n) is 10.0. The van der Waals surface area contributed by atoms with Crippen LogP contribution in [-0.4, -0.2) is 18.4 Å². The van der Waals surface area contributed by atoms with Gasteiger partial charge in [0.25, 0.3) is 10.0 Å². The molecule has 0 aromatic carbocycles. The van der Waals surface area contributed by atoms with Crippen LogP contribution in [0.15, 0.2) is 25.9 Å². The number of nitrogens with zero attached hydrogens (tertiary/aromatic N) is 1. The van der Waals surface area contributed by atoms with Gasteiger partial charge in [-0.25, -0.2) is 13.4 Å². The number of aryl methyl sites for hydroxylation is 2. The van der Waals surface area contributed by atoms with E-state index in [0.29, 0.717) is 27.3 Å². The highest BCUT2D eigenvalue weighted by Gasteiger charge is 2.20. The van der Waals surface area contributed by atoms with Gasteiger partial charge in [-0.3, -0.25) is 9.52 Å². The maximum Gasteiger partial charge on any atom is 0.306 e. The van der Waals surface area contributed by atoms with E-state index in [2.05, 4.69) is 30.6 Å². The lowest BCUT2D eigenvalue weighted by Gasteiger charge is -2.07. The summed E-state index contributed by atoms with van der Waals surface area (Å²) in [6.45, 7) is 3.34. The Morgan fingerprint density at radius 1 is 1.42 bits per heavy atom. The van der Waals surface area contributed by atoms with E-state index >= 15 is 0 Å². The van der Waals surface area contributed by atoms with Gasteiger partial charge in [0.2, 0.25) is 0 Å². The number of aromatic amines is 1. The molecule has 0 saturated heterocycles. The van der Waals surface area contributed by atoms with Crippen LogP contribution < -0.4 is 9.60 Å². The summed E-state index contributed by atoms with van der Waals surface area (Å²) in [7, 11) is -3.77. The minimum absolute atomic E-state index is 0.0157. The Bertz CT molecular complexity index is 780. The number of nitrogens with one attached hydrogen (secondary N) is 2. The van der Waals surface area contributed by atoms with E-state index in [4.69, 9.17) is 0 Å². The molecular formula is C10H10BrN3O3S2.